The number of halogens is 3. The van der Waals surface area contributed by atoms with E-state index in [1.807, 2.05) is 31.2 Å². The molecule has 0 saturated carbocycles. The minimum absolute atomic E-state index is 0.162. The quantitative estimate of drug-likeness (QED) is 0.820. The fourth-order valence-electron chi connectivity index (χ4n) is 4.00. The molecule has 2 atom stereocenters. The summed E-state index contributed by atoms with van der Waals surface area (Å²) in [6, 6.07) is 5.12. The van der Waals surface area contributed by atoms with E-state index < -0.39 is 18.3 Å². The molecule has 1 aromatic carbocycles. The molecule has 0 aliphatic carbocycles. The highest BCUT2D eigenvalue weighted by molar-refractivity contribution is 5.99. The van der Waals surface area contributed by atoms with Gasteiger partial charge in [-0.05, 0) is 31.7 Å². The van der Waals surface area contributed by atoms with Crippen LogP contribution < -0.4 is 5.32 Å². The van der Waals surface area contributed by atoms with Crippen LogP contribution in [0.25, 0.3) is 0 Å². The number of piperidine rings is 1. The first-order valence-electron chi connectivity index (χ1n) is 9.61. The monoisotopic (exact) mass is 392 g/mol. The van der Waals surface area contributed by atoms with Crippen LogP contribution >= 0.6 is 0 Å². The molecule has 0 radical (unpaired) electrons. The predicted octanol–water partition coefficient (Wildman–Crippen LogP) is 4.48. The zero-order valence-corrected chi connectivity index (χ0v) is 15.7. The van der Waals surface area contributed by atoms with Crippen molar-refractivity contribution in [2.45, 2.75) is 50.9 Å². The Kier molecular flexibility index (Phi) is 4.81. The smallest absolute Gasteiger partial charge is 0.363 e. The molecule has 2 aliphatic heterocycles. The number of aryl methyl sites for hydroxylation is 1. The maximum Gasteiger partial charge on any atom is 0.410 e. The minimum atomic E-state index is -4.45. The number of anilines is 1. The van der Waals surface area contributed by atoms with E-state index in [0.717, 1.165) is 35.1 Å². The Hall–Kier alpha value is -2.51. The predicted molar refractivity (Wildman–Crippen MR) is 99.2 cm³/mol. The lowest BCUT2D eigenvalue weighted by Gasteiger charge is -2.34. The van der Waals surface area contributed by atoms with Gasteiger partial charge in [0.1, 0.15) is 11.4 Å². The highest BCUT2D eigenvalue weighted by Crippen LogP contribution is 2.44. The van der Waals surface area contributed by atoms with Crippen molar-refractivity contribution in [2.75, 3.05) is 18.4 Å². The second-order valence-electron chi connectivity index (χ2n) is 7.61. The number of nitrogens with one attached hydrogen (secondary N) is 1. The van der Waals surface area contributed by atoms with Crippen molar-refractivity contribution in [2.24, 2.45) is 0 Å². The lowest BCUT2D eigenvalue weighted by atomic mass is 9.96. The van der Waals surface area contributed by atoms with Gasteiger partial charge in [0.05, 0.1) is 12.2 Å². The summed E-state index contributed by atoms with van der Waals surface area (Å²) in [6.07, 6.45) is -0.440. The molecule has 1 aromatic heterocycles. The molecule has 28 heavy (non-hydrogen) atoms. The molecule has 5 nitrogen and oxygen atoms in total. The Balaban J connectivity index is 1.70. The van der Waals surface area contributed by atoms with Gasteiger partial charge >= 0.3 is 6.18 Å². The summed E-state index contributed by atoms with van der Waals surface area (Å²) in [5.41, 5.74) is 2.02. The van der Waals surface area contributed by atoms with E-state index in [2.05, 4.69) is 10.4 Å². The Labute approximate surface area is 161 Å². The summed E-state index contributed by atoms with van der Waals surface area (Å²) < 4.78 is 42.2. The Morgan fingerprint density at radius 2 is 1.82 bits per heavy atom. The van der Waals surface area contributed by atoms with Crippen molar-refractivity contribution in [3.8, 4) is 0 Å². The second kappa shape index (κ2) is 7.14. The fourth-order valence-corrected chi connectivity index (χ4v) is 4.00. The number of carbonyl (C=O) groups excluding carboxylic acids is 1. The summed E-state index contributed by atoms with van der Waals surface area (Å²) in [4.78, 5) is 14.6. The van der Waals surface area contributed by atoms with E-state index in [0.29, 0.717) is 13.1 Å². The summed E-state index contributed by atoms with van der Waals surface area (Å²) in [7, 11) is 0. The topological polar surface area (TPSA) is 50.2 Å². The Morgan fingerprint density at radius 3 is 2.46 bits per heavy atom. The number of nitrogens with zero attached hydrogens (tertiary/aromatic N) is 3. The number of benzene rings is 1. The lowest BCUT2D eigenvalue weighted by Crippen LogP contribution is -2.38. The van der Waals surface area contributed by atoms with Crippen molar-refractivity contribution in [1.82, 2.24) is 14.7 Å². The molecule has 150 valence electrons. The Morgan fingerprint density at radius 1 is 1.14 bits per heavy atom. The number of amides is 1. The van der Waals surface area contributed by atoms with Gasteiger partial charge in [0.15, 0.2) is 6.04 Å². The molecule has 1 amide bonds. The van der Waals surface area contributed by atoms with Crippen molar-refractivity contribution in [3.05, 3.63) is 47.2 Å². The highest BCUT2D eigenvalue weighted by Gasteiger charge is 2.47. The SMILES string of the molecule is Cc1ccc(C2CC(C(F)(F)F)n3ncc(C(=O)N4CCCCC4)c3N2)cc1. The van der Waals surface area contributed by atoms with Gasteiger partial charge in [-0.25, -0.2) is 4.68 Å². The normalized spacial score (nSPS) is 22.5. The zero-order valence-electron chi connectivity index (χ0n) is 15.7. The van der Waals surface area contributed by atoms with Crippen LogP contribution in [-0.2, 0) is 0 Å². The summed E-state index contributed by atoms with van der Waals surface area (Å²) in [5.74, 6) is -0.0892. The molecule has 0 bridgehead atoms. The third kappa shape index (κ3) is 3.47. The highest BCUT2D eigenvalue weighted by atomic mass is 19.4. The Bertz CT molecular complexity index is 853. The van der Waals surface area contributed by atoms with Crippen molar-refractivity contribution < 1.29 is 18.0 Å². The third-order valence-corrected chi connectivity index (χ3v) is 5.59. The summed E-state index contributed by atoms with van der Waals surface area (Å²) >= 11 is 0. The van der Waals surface area contributed by atoms with E-state index in [4.69, 9.17) is 0 Å². The largest absolute Gasteiger partial charge is 0.410 e. The molecular formula is C20H23F3N4O. The molecule has 2 aromatic rings. The maximum absolute atomic E-state index is 13.8. The number of alkyl halides is 3. The van der Waals surface area contributed by atoms with Gasteiger partial charge in [-0.1, -0.05) is 29.8 Å². The van der Waals surface area contributed by atoms with E-state index >= 15 is 0 Å². The van der Waals surface area contributed by atoms with Gasteiger partial charge in [-0.2, -0.15) is 18.3 Å². The van der Waals surface area contributed by atoms with Crippen LogP contribution in [0.3, 0.4) is 0 Å². The van der Waals surface area contributed by atoms with Crippen LogP contribution in [-0.4, -0.2) is 39.9 Å². The van der Waals surface area contributed by atoms with Gasteiger partial charge in [0.2, 0.25) is 0 Å². The number of rotatable bonds is 2. The minimum Gasteiger partial charge on any atom is -0.363 e. The fraction of sp³-hybridized carbons (Fsp3) is 0.500. The van der Waals surface area contributed by atoms with Crippen LogP contribution in [0.4, 0.5) is 19.0 Å². The molecule has 2 aliphatic rings. The number of hydrogen-bond acceptors (Lipinski definition) is 3. The number of likely N-dealkylation sites (tertiary alicyclic amines) is 1. The number of hydrogen-bond donors (Lipinski definition) is 1. The van der Waals surface area contributed by atoms with Crippen LogP contribution in [0.2, 0.25) is 0 Å². The van der Waals surface area contributed by atoms with Crippen LogP contribution in [0.5, 0.6) is 0 Å². The van der Waals surface area contributed by atoms with Crippen LogP contribution in [0, 0.1) is 6.92 Å². The average molecular weight is 392 g/mol. The third-order valence-electron chi connectivity index (χ3n) is 5.59. The molecule has 1 fully saturated rings. The van der Waals surface area contributed by atoms with Crippen molar-refractivity contribution in [1.29, 1.82) is 0 Å². The first-order valence-corrected chi connectivity index (χ1v) is 9.61. The van der Waals surface area contributed by atoms with Gasteiger partial charge in [-0.3, -0.25) is 4.79 Å². The van der Waals surface area contributed by atoms with Crippen molar-refractivity contribution in [3.63, 3.8) is 0 Å². The molecule has 4 rings (SSSR count). The average Bonchev–Trinajstić information content (AvgIpc) is 3.11. The molecule has 0 spiro atoms. The number of fused-ring (bicyclic) bond motifs is 1. The van der Waals surface area contributed by atoms with E-state index in [1.54, 1.807) is 4.90 Å². The second-order valence-corrected chi connectivity index (χ2v) is 7.61. The van der Waals surface area contributed by atoms with Crippen molar-refractivity contribution >= 4 is 11.7 Å². The van der Waals surface area contributed by atoms with E-state index in [1.165, 1.54) is 6.20 Å². The van der Waals surface area contributed by atoms with Gasteiger partial charge < -0.3 is 10.2 Å². The summed E-state index contributed by atoms with van der Waals surface area (Å²) in [6.45, 7) is 3.20. The molecular weight excluding hydrogens is 369 g/mol. The number of carbonyl (C=O) groups is 1. The standard InChI is InChI=1S/C20H23F3N4O/c1-13-5-7-14(8-6-13)16-11-17(20(21,22)23)27-18(25-16)15(12-24-27)19(28)26-9-3-2-4-10-26/h5-8,12,16-17,25H,2-4,9-11H2,1H3. The molecule has 1 N–H and O–H groups in total. The van der Waals surface area contributed by atoms with Gasteiger partial charge in [-0.15, -0.1) is 0 Å². The first kappa shape index (κ1) is 18.8. The van der Waals surface area contributed by atoms with E-state index in [-0.39, 0.29) is 23.7 Å². The first-order chi connectivity index (χ1) is 13.3. The lowest BCUT2D eigenvalue weighted by molar-refractivity contribution is -0.173. The van der Waals surface area contributed by atoms with Gasteiger partial charge in [0.25, 0.3) is 5.91 Å². The molecule has 1 saturated heterocycles. The number of aromatic nitrogens is 2. The maximum atomic E-state index is 13.8. The van der Waals surface area contributed by atoms with Crippen LogP contribution in [0.1, 0.15) is 59.3 Å². The van der Waals surface area contributed by atoms with E-state index in [9.17, 15) is 18.0 Å². The molecule has 8 heteroatoms. The van der Waals surface area contributed by atoms with Crippen LogP contribution in [0.15, 0.2) is 30.5 Å². The molecule has 2 unspecified atom stereocenters. The zero-order chi connectivity index (χ0) is 19.9. The molecule has 3 heterocycles. The summed E-state index contributed by atoms with van der Waals surface area (Å²) in [5, 5.41) is 7.11. The van der Waals surface area contributed by atoms with Gasteiger partial charge in [0, 0.05) is 19.5 Å².